The number of carbonyl (C=O) groups is 2. The molecular weight excluding hydrogens is 160 g/mol. The van der Waals surface area contributed by atoms with Crippen LogP contribution < -0.4 is 11.1 Å². The number of amides is 1. The molecule has 0 spiro atoms. The highest BCUT2D eigenvalue weighted by Crippen LogP contribution is 2.12. The average molecular weight is 174 g/mol. The maximum Gasteiger partial charge on any atom is 0.305 e. The van der Waals surface area contributed by atoms with Crippen LogP contribution in [0.4, 0.5) is 0 Å². The lowest BCUT2D eigenvalue weighted by atomic mass is 9.90. The van der Waals surface area contributed by atoms with Gasteiger partial charge in [-0.2, -0.15) is 0 Å². The molecule has 5 nitrogen and oxygen atoms in total. The fourth-order valence-electron chi connectivity index (χ4n) is 0.792. The SMILES string of the molecule is CC(N)C(C)(CC(=O)O)NC=O. The van der Waals surface area contributed by atoms with E-state index in [2.05, 4.69) is 5.32 Å². The van der Waals surface area contributed by atoms with Crippen molar-refractivity contribution in [1.82, 2.24) is 5.32 Å². The van der Waals surface area contributed by atoms with Gasteiger partial charge in [0.15, 0.2) is 0 Å². The minimum absolute atomic E-state index is 0.177. The van der Waals surface area contributed by atoms with Crippen molar-refractivity contribution in [3.63, 3.8) is 0 Å². The first-order valence-corrected chi connectivity index (χ1v) is 3.61. The largest absolute Gasteiger partial charge is 0.481 e. The molecule has 0 saturated carbocycles. The smallest absolute Gasteiger partial charge is 0.305 e. The Hall–Kier alpha value is -1.10. The Kier molecular flexibility index (Phi) is 3.69. The Balaban J connectivity index is 4.37. The Morgan fingerprint density at radius 1 is 1.83 bits per heavy atom. The van der Waals surface area contributed by atoms with Crippen LogP contribution in [-0.4, -0.2) is 29.1 Å². The summed E-state index contributed by atoms with van der Waals surface area (Å²) in [5, 5.41) is 10.9. The monoisotopic (exact) mass is 174 g/mol. The second kappa shape index (κ2) is 4.06. The van der Waals surface area contributed by atoms with Gasteiger partial charge in [0.05, 0.1) is 12.0 Å². The van der Waals surface area contributed by atoms with E-state index in [0.29, 0.717) is 6.41 Å². The molecule has 0 aliphatic heterocycles. The highest BCUT2D eigenvalue weighted by molar-refractivity contribution is 5.69. The van der Waals surface area contributed by atoms with Crippen molar-refractivity contribution in [2.45, 2.75) is 31.8 Å². The van der Waals surface area contributed by atoms with Crippen molar-refractivity contribution in [1.29, 1.82) is 0 Å². The molecule has 2 unspecified atom stereocenters. The molecule has 0 bridgehead atoms. The second-order valence-electron chi connectivity index (χ2n) is 3.04. The van der Waals surface area contributed by atoms with Gasteiger partial charge in [0.2, 0.25) is 6.41 Å². The van der Waals surface area contributed by atoms with Crippen molar-refractivity contribution in [2.24, 2.45) is 5.73 Å². The molecule has 0 saturated heterocycles. The van der Waals surface area contributed by atoms with Crippen molar-refractivity contribution in [3.05, 3.63) is 0 Å². The third-order valence-corrected chi connectivity index (χ3v) is 1.91. The van der Waals surface area contributed by atoms with Gasteiger partial charge in [-0.1, -0.05) is 0 Å². The number of rotatable bonds is 5. The molecule has 0 aromatic heterocycles. The van der Waals surface area contributed by atoms with Crippen LogP contribution in [-0.2, 0) is 9.59 Å². The molecule has 0 heterocycles. The summed E-state index contributed by atoms with van der Waals surface area (Å²) in [4.78, 5) is 20.5. The van der Waals surface area contributed by atoms with Crippen molar-refractivity contribution in [3.8, 4) is 0 Å². The second-order valence-corrected chi connectivity index (χ2v) is 3.04. The third-order valence-electron chi connectivity index (χ3n) is 1.91. The number of aliphatic carboxylic acids is 1. The van der Waals surface area contributed by atoms with Crippen LogP contribution in [0.3, 0.4) is 0 Å². The number of hydrogen-bond donors (Lipinski definition) is 3. The fraction of sp³-hybridized carbons (Fsp3) is 0.714. The third kappa shape index (κ3) is 2.87. The lowest BCUT2D eigenvalue weighted by Gasteiger charge is -2.31. The first-order valence-electron chi connectivity index (χ1n) is 3.61. The molecule has 0 aliphatic rings. The van der Waals surface area contributed by atoms with Crippen LogP contribution in [0.1, 0.15) is 20.3 Å². The molecule has 1 amide bonds. The number of carboxylic acids is 1. The molecule has 70 valence electrons. The molecule has 12 heavy (non-hydrogen) atoms. The number of nitrogens with one attached hydrogen (secondary N) is 1. The van der Waals surface area contributed by atoms with Crippen LogP contribution in [0.5, 0.6) is 0 Å². The first kappa shape index (κ1) is 10.9. The molecule has 5 heteroatoms. The lowest BCUT2D eigenvalue weighted by molar-refractivity contribution is -0.138. The minimum atomic E-state index is -0.982. The van der Waals surface area contributed by atoms with Crippen molar-refractivity contribution >= 4 is 12.4 Å². The Labute approximate surface area is 70.9 Å². The van der Waals surface area contributed by atoms with Gasteiger partial charge in [-0.25, -0.2) is 0 Å². The zero-order valence-corrected chi connectivity index (χ0v) is 7.20. The van der Waals surface area contributed by atoms with Gasteiger partial charge < -0.3 is 16.2 Å². The van der Waals surface area contributed by atoms with E-state index in [1.807, 2.05) is 0 Å². The van der Waals surface area contributed by atoms with Gasteiger partial charge in [0, 0.05) is 6.04 Å². The van der Waals surface area contributed by atoms with E-state index in [1.54, 1.807) is 13.8 Å². The molecule has 0 aliphatic carbocycles. The van der Waals surface area contributed by atoms with E-state index < -0.39 is 17.6 Å². The summed E-state index contributed by atoms with van der Waals surface area (Å²) in [6, 6.07) is -0.404. The van der Waals surface area contributed by atoms with E-state index in [0.717, 1.165) is 0 Å². The molecule has 0 rings (SSSR count). The highest BCUT2D eigenvalue weighted by Gasteiger charge is 2.30. The Morgan fingerprint density at radius 2 is 2.33 bits per heavy atom. The topological polar surface area (TPSA) is 92.4 Å². The van der Waals surface area contributed by atoms with Crippen LogP contribution in [0.15, 0.2) is 0 Å². The van der Waals surface area contributed by atoms with Gasteiger partial charge >= 0.3 is 5.97 Å². The van der Waals surface area contributed by atoms with E-state index in [4.69, 9.17) is 10.8 Å². The maximum atomic E-state index is 10.4. The molecule has 4 N–H and O–H groups in total. The van der Waals surface area contributed by atoms with Gasteiger partial charge in [-0.3, -0.25) is 9.59 Å². The normalized spacial score (nSPS) is 17.6. The summed E-state index contributed by atoms with van der Waals surface area (Å²) in [6.07, 6.45) is 0.287. The molecule has 0 fully saturated rings. The molecule has 2 atom stereocenters. The first-order chi connectivity index (χ1) is 5.42. The molecule has 0 aromatic rings. The summed E-state index contributed by atoms with van der Waals surface area (Å²) in [5.41, 5.74) is 4.65. The summed E-state index contributed by atoms with van der Waals surface area (Å²) in [7, 11) is 0. The summed E-state index contributed by atoms with van der Waals surface area (Å²) in [5.74, 6) is -0.982. The van der Waals surface area contributed by atoms with Crippen LogP contribution >= 0.6 is 0 Å². The molecule has 0 radical (unpaired) electrons. The van der Waals surface area contributed by atoms with Crippen molar-refractivity contribution < 1.29 is 14.7 Å². The van der Waals surface area contributed by atoms with Crippen molar-refractivity contribution in [2.75, 3.05) is 0 Å². The summed E-state index contributed by atoms with van der Waals surface area (Å²) >= 11 is 0. The molecular formula is C7H14N2O3. The van der Waals surface area contributed by atoms with E-state index in [-0.39, 0.29) is 6.42 Å². The van der Waals surface area contributed by atoms with Gasteiger partial charge in [-0.15, -0.1) is 0 Å². The zero-order valence-electron chi connectivity index (χ0n) is 7.20. The summed E-state index contributed by atoms with van der Waals surface area (Å²) in [6.45, 7) is 3.25. The number of nitrogens with two attached hydrogens (primary N) is 1. The number of carbonyl (C=O) groups excluding carboxylic acids is 1. The number of carboxylic acid groups (broad SMARTS) is 1. The van der Waals surface area contributed by atoms with Gasteiger partial charge in [0.1, 0.15) is 0 Å². The predicted octanol–water partition coefficient (Wildman–Crippen LogP) is -0.687. The fourth-order valence-corrected chi connectivity index (χ4v) is 0.792. The Bertz CT molecular complexity index is 181. The van der Waals surface area contributed by atoms with Crippen LogP contribution in [0, 0.1) is 0 Å². The standard InChI is InChI=1S/C7H14N2O3/c1-5(8)7(2,9-4-10)3-6(11)12/h4-5H,3,8H2,1-2H3,(H,9,10)(H,11,12). The maximum absolute atomic E-state index is 10.4. The zero-order chi connectivity index (χ0) is 9.78. The van der Waals surface area contributed by atoms with E-state index in [1.165, 1.54) is 0 Å². The molecule has 0 aromatic carbocycles. The predicted molar refractivity (Wildman–Crippen MR) is 43.5 cm³/mol. The quantitative estimate of drug-likeness (QED) is 0.481. The van der Waals surface area contributed by atoms with E-state index >= 15 is 0 Å². The lowest BCUT2D eigenvalue weighted by Crippen LogP contribution is -2.55. The average Bonchev–Trinajstić information content (AvgIpc) is 1.85. The minimum Gasteiger partial charge on any atom is -0.481 e. The number of hydrogen-bond acceptors (Lipinski definition) is 3. The van der Waals surface area contributed by atoms with Gasteiger partial charge in [-0.05, 0) is 13.8 Å². The van der Waals surface area contributed by atoms with Gasteiger partial charge in [0.25, 0.3) is 0 Å². The van der Waals surface area contributed by atoms with Crippen LogP contribution in [0.2, 0.25) is 0 Å². The highest BCUT2D eigenvalue weighted by atomic mass is 16.4. The Morgan fingerprint density at radius 3 is 2.58 bits per heavy atom. The van der Waals surface area contributed by atoms with Crippen LogP contribution in [0.25, 0.3) is 0 Å². The summed E-state index contributed by atoms with van der Waals surface area (Å²) < 4.78 is 0. The van der Waals surface area contributed by atoms with E-state index in [9.17, 15) is 9.59 Å².